The molecule has 212 valence electrons. The zero-order chi connectivity index (χ0) is 29.1. The number of esters is 1. The van der Waals surface area contributed by atoms with E-state index in [1.54, 1.807) is 20.8 Å². The van der Waals surface area contributed by atoms with Gasteiger partial charge < -0.3 is 19.0 Å². The van der Waals surface area contributed by atoms with Gasteiger partial charge in [-0.2, -0.15) is 8.42 Å². The SMILES string of the molecule is CC(C)(C)OC(=O)NC1C(=O)N2C(C(=O)OC(c3ccccc3)c3ccccc3)=C(/C=C/OS(C)(=O)=O)CSC12. The molecule has 0 aromatic heterocycles. The Hall–Kier alpha value is -3.77. The van der Waals surface area contributed by atoms with Crippen molar-refractivity contribution in [1.82, 2.24) is 10.2 Å². The van der Waals surface area contributed by atoms with Gasteiger partial charge in [-0.15, -0.1) is 11.8 Å². The highest BCUT2D eigenvalue weighted by Gasteiger charge is 2.54. The summed E-state index contributed by atoms with van der Waals surface area (Å²) in [4.78, 5) is 40.7. The number of nitrogens with zero attached hydrogens (tertiary/aromatic N) is 1. The molecule has 0 radical (unpaired) electrons. The van der Waals surface area contributed by atoms with Crippen molar-refractivity contribution in [1.29, 1.82) is 0 Å². The smallest absolute Gasteiger partial charge is 0.408 e. The highest BCUT2D eigenvalue weighted by molar-refractivity contribution is 8.00. The number of amides is 2. The van der Waals surface area contributed by atoms with E-state index in [9.17, 15) is 22.8 Å². The standard InChI is InChI=1S/C28H30N2O8S2/c1-28(2,3)38-27(33)29-21-24(31)30-22(20(17-39-25(21)30)15-16-36-40(4,34)35)26(32)37-23(18-11-7-5-8-12-18)19-13-9-6-10-14-19/h5-16,21,23,25H,17H2,1-4H3,(H,29,33)/b16-15+. The van der Waals surface area contributed by atoms with Gasteiger partial charge in [-0.1, -0.05) is 60.7 Å². The van der Waals surface area contributed by atoms with Crippen LogP contribution in [0.3, 0.4) is 0 Å². The monoisotopic (exact) mass is 586 g/mol. The van der Waals surface area contributed by atoms with E-state index >= 15 is 0 Å². The average molecular weight is 587 g/mol. The van der Waals surface area contributed by atoms with Gasteiger partial charge in [0.25, 0.3) is 5.91 Å². The first-order chi connectivity index (χ1) is 18.8. The first kappa shape index (κ1) is 29.2. The van der Waals surface area contributed by atoms with Crippen LogP contribution in [0, 0.1) is 0 Å². The third kappa shape index (κ3) is 7.05. The summed E-state index contributed by atoms with van der Waals surface area (Å²) in [6.45, 7) is 5.13. The Morgan fingerprint density at radius 1 is 1.05 bits per heavy atom. The van der Waals surface area contributed by atoms with Gasteiger partial charge in [-0.25, -0.2) is 9.59 Å². The molecule has 2 heterocycles. The molecule has 0 aliphatic carbocycles. The molecule has 2 aromatic carbocycles. The fourth-order valence-corrected chi connectivity index (χ4v) is 5.73. The van der Waals surface area contributed by atoms with Crippen LogP contribution in [0.25, 0.3) is 0 Å². The van der Waals surface area contributed by atoms with Crippen molar-refractivity contribution >= 4 is 39.8 Å². The van der Waals surface area contributed by atoms with E-state index in [0.717, 1.165) is 23.6 Å². The van der Waals surface area contributed by atoms with Gasteiger partial charge in [0, 0.05) is 5.75 Å². The fraction of sp³-hybridized carbons (Fsp3) is 0.321. The maximum absolute atomic E-state index is 13.8. The highest BCUT2D eigenvalue weighted by atomic mass is 32.2. The molecule has 2 atom stereocenters. The number of β-lactam (4-membered cyclic amide) rings is 1. The zero-order valence-electron chi connectivity index (χ0n) is 22.4. The largest absolute Gasteiger partial charge is 0.448 e. The van der Waals surface area contributed by atoms with E-state index in [1.165, 1.54) is 22.7 Å². The van der Waals surface area contributed by atoms with Crippen LogP contribution in [0.15, 0.2) is 84.3 Å². The Morgan fingerprint density at radius 3 is 2.15 bits per heavy atom. The van der Waals surface area contributed by atoms with Crippen LogP contribution in [0.1, 0.15) is 38.0 Å². The molecule has 1 saturated heterocycles. The number of rotatable bonds is 8. The third-order valence-electron chi connectivity index (χ3n) is 5.79. The van der Waals surface area contributed by atoms with Gasteiger partial charge in [0.05, 0.1) is 6.26 Å². The Bertz CT molecular complexity index is 1390. The number of nitrogens with one attached hydrogen (secondary N) is 1. The lowest BCUT2D eigenvalue weighted by molar-refractivity contribution is -0.153. The molecule has 1 fully saturated rings. The summed E-state index contributed by atoms with van der Waals surface area (Å²) in [7, 11) is -3.79. The number of fused-ring (bicyclic) bond motifs is 1. The predicted octanol–water partition coefficient (Wildman–Crippen LogP) is 3.87. The number of thioether (sulfide) groups is 1. The summed E-state index contributed by atoms with van der Waals surface area (Å²) < 4.78 is 39.0. The molecule has 40 heavy (non-hydrogen) atoms. The first-order valence-electron chi connectivity index (χ1n) is 12.4. The van der Waals surface area contributed by atoms with Crippen molar-refractivity contribution in [3.8, 4) is 0 Å². The zero-order valence-corrected chi connectivity index (χ0v) is 24.0. The van der Waals surface area contributed by atoms with Gasteiger partial charge in [-0.3, -0.25) is 9.69 Å². The van der Waals surface area contributed by atoms with Crippen molar-refractivity contribution in [2.75, 3.05) is 12.0 Å². The van der Waals surface area contributed by atoms with E-state index in [2.05, 4.69) is 5.32 Å². The summed E-state index contributed by atoms with van der Waals surface area (Å²) in [6, 6.07) is 17.4. The topological polar surface area (TPSA) is 128 Å². The molecule has 2 aliphatic heterocycles. The highest BCUT2D eigenvalue weighted by Crippen LogP contribution is 2.42. The van der Waals surface area contributed by atoms with Gasteiger partial charge in [-0.05, 0) is 43.5 Å². The molecule has 12 heteroatoms. The summed E-state index contributed by atoms with van der Waals surface area (Å²) >= 11 is 1.30. The molecular formula is C28H30N2O8S2. The van der Waals surface area contributed by atoms with Crippen molar-refractivity contribution in [2.24, 2.45) is 0 Å². The molecule has 0 saturated carbocycles. The molecule has 2 aromatic rings. The second kappa shape index (κ2) is 11.8. The molecule has 4 rings (SSSR count). The Kier molecular flexibility index (Phi) is 8.59. The summed E-state index contributed by atoms with van der Waals surface area (Å²) in [5, 5.41) is 1.99. The van der Waals surface area contributed by atoms with Crippen LogP contribution in [0.5, 0.6) is 0 Å². The molecule has 0 spiro atoms. The molecular weight excluding hydrogens is 556 g/mol. The maximum Gasteiger partial charge on any atom is 0.408 e. The normalized spacial score (nSPS) is 19.2. The number of allylic oxidation sites excluding steroid dienone is 1. The van der Waals surface area contributed by atoms with Crippen LogP contribution in [-0.4, -0.2) is 60.3 Å². The molecule has 10 nitrogen and oxygen atoms in total. The Balaban J connectivity index is 1.66. The van der Waals surface area contributed by atoms with Crippen LogP contribution in [-0.2, 0) is 33.4 Å². The number of hydrogen-bond acceptors (Lipinski definition) is 9. The van der Waals surface area contributed by atoms with Crippen molar-refractivity contribution in [3.63, 3.8) is 0 Å². The van der Waals surface area contributed by atoms with Crippen LogP contribution < -0.4 is 5.32 Å². The second-order valence-corrected chi connectivity index (χ2v) is 12.8. The van der Waals surface area contributed by atoms with E-state index in [0.29, 0.717) is 5.57 Å². The Labute approximate surface area is 237 Å². The van der Waals surface area contributed by atoms with Crippen molar-refractivity contribution in [2.45, 2.75) is 43.9 Å². The van der Waals surface area contributed by atoms with E-state index in [-0.39, 0.29) is 11.4 Å². The lowest BCUT2D eigenvalue weighted by Crippen LogP contribution is -2.70. The quantitative estimate of drug-likeness (QED) is 0.212. The second-order valence-electron chi connectivity index (χ2n) is 10.1. The number of carbonyl (C=O) groups excluding carboxylic acids is 3. The molecule has 2 amide bonds. The number of ether oxygens (including phenoxy) is 2. The lowest BCUT2D eigenvalue weighted by Gasteiger charge is -2.49. The van der Waals surface area contributed by atoms with E-state index in [4.69, 9.17) is 13.7 Å². The molecule has 1 N–H and O–H groups in total. The van der Waals surface area contributed by atoms with Crippen molar-refractivity contribution < 1.29 is 36.5 Å². The Morgan fingerprint density at radius 2 is 1.62 bits per heavy atom. The van der Waals surface area contributed by atoms with Gasteiger partial charge >= 0.3 is 22.2 Å². The van der Waals surface area contributed by atoms with Gasteiger partial charge in [0.15, 0.2) is 6.10 Å². The predicted molar refractivity (Wildman–Crippen MR) is 149 cm³/mol. The molecule has 2 aliphatic rings. The first-order valence-corrected chi connectivity index (χ1v) is 15.2. The van der Waals surface area contributed by atoms with Crippen LogP contribution >= 0.6 is 11.8 Å². The summed E-state index contributed by atoms with van der Waals surface area (Å²) in [5.41, 5.74) is 0.967. The fourth-order valence-electron chi connectivity index (χ4n) is 4.15. The summed E-state index contributed by atoms with van der Waals surface area (Å²) in [5.74, 6) is -1.09. The molecule has 2 unspecified atom stereocenters. The minimum Gasteiger partial charge on any atom is -0.448 e. The van der Waals surface area contributed by atoms with Crippen LogP contribution in [0.2, 0.25) is 0 Å². The van der Waals surface area contributed by atoms with Crippen molar-refractivity contribution in [3.05, 3.63) is 95.4 Å². The minimum atomic E-state index is -3.79. The number of alkyl carbamates (subject to hydrolysis) is 1. The number of carbonyl (C=O) groups is 3. The van der Waals surface area contributed by atoms with Gasteiger partial charge in [0.1, 0.15) is 29.0 Å². The van der Waals surface area contributed by atoms with Crippen LogP contribution in [0.4, 0.5) is 4.79 Å². The molecule has 0 bridgehead atoms. The lowest BCUT2D eigenvalue weighted by atomic mass is 10.0. The number of benzene rings is 2. The third-order valence-corrected chi connectivity index (χ3v) is 7.56. The maximum atomic E-state index is 13.8. The minimum absolute atomic E-state index is 0.0544. The summed E-state index contributed by atoms with van der Waals surface area (Å²) in [6.07, 6.45) is 1.64. The van der Waals surface area contributed by atoms with E-state index < -0.39 is 51.2 Å². The van der Waals surface area contributed by atoms with Gasteiger partial charge in [0.2, 0.25) is 0 Å². The average Bonchev–Trinajstić information content (AvgIpc) is 2.89. The number of hydrogen-bond donors (Lipinski definition) is 1. The van der Waals surface area contributed by atoms with E-state index in [1.807, 2.05) is 60.7 Å².